The molecule has 0 aromatic heterocycles. The Morgan fingerprint density at radius 3 is 3.00 bits per heavy atom. The van der Waals surface area contributed by atoms with E-state index >= 15 is 0 Å². The van der Waals surface area contributed by atoms with Gasteiger partial charge in [0.15, 0.2) is 6.10 Å². The predicted octanol–water partition coefficient (Wildman–Crippen LogP) is 1.67. The summed E-state index contributed by atoms with van der Waals surface area (Å²) in [5.74, 6) is 0.337. The van der Waals surface area contributed by atoms with Crippen molar-refractivity contribution in [3.8, 4) is 5.75 Å². The lowest BCUT2D eigenvalue weighted by molar-refractivity contribution is -0.124. The van der Waals surface area contributed by atoms with Gasteiger partial charge in [-0.1, -0.05) is 19.1 Å². The number of nitrogens with two attached hydrogens (primary N) is 2. The van der Waals surface area contributed by atoms with Crippen LogP contribution >= 0.6 is 0 Å². The number of primary amides is 1. The first-order valence-corrected chi connectivity index (χ1v) is 6.46. The van der Waals surface area contributed by atoms with Gasteiger partial charge >= 0.3 is 0 Å². The van der Waals surface area contributed by atoms with Gasteiger partial charge in [0.1, 0.15) is 5.75 Å². The van der Waals surface area contributed by atoms with Crippen molar-refractivity contribution in [1.82, 2.24) is 0 Å². The van der Waals surface area contributed by atoms with Crippen LogP contribution in [0.3, 0.4) is 0 Å². The van der Waals surface area contributed by atoms with Crippen LogP contribution in [0.2, 0.25) is 0 Å². The van der Waals surface area contributed by atoms with Crippen LogP contribution in [0.15, 0.2) is 18.2 Å². The van der Waals surface area contributed by atoms with Crippen LogP contribution in [0.25, 0.3) is 0 Å². The lowest BCUT2D eigenvalue weighted by Crippen LogP contribution is -2.33. The van der Waals surface area contributed by atoms with Crippen molar-refractivity contribution in [2.24, 2.45) is 11.5 Å². The average Bonchev–Trinajstić information content (AvgIpc) is 2.36. The Kier molecular flexibility index (Phi) is 3.87. The highest BCUT2D eigenvalue weighted by atomic mass is 16.5. The summed E-state index contributed by atoms with van der Waals surface area (Å²) in [6, 6.07) is 5.93. The molecular weight excluding hydrogens is 228 g/mol. The zero-order valence-electron chi connectivity index (χ0n) is 10.7. The van der Waals surface area contributed by atoms with Crippen LogP contribution in [0.5, 0.6) is 5.75 Å². The normalized spacial score (nSPS) is 20.0. The van der Waals surface area contributed by atoms with Crippen LogP contribution < -0.4 is 16.2 Å². The molecule has 2 rings (SSSR count). The van der Waals surface area contributed by atoms with Crippen molar-refractivity contribution in [3.63, 3.8) is 0 Å². The number of benzene rings is 1. The molecule has 0 aliphatic heterocycles. The Bertz CT molecular complexity index is 445. The van der Waals surface area contributed by atoms with E-state index in [1.54, 1.807) is 0 Å². The molecule has 0 saturated carbocycles. The van der Waals surface area contributed by atoms with Crippen molar-refractivity contribution in [2.75, 3.05) is 0 Å². The number of fused-ring (bicyclic) bond motifs is 1. The molecule has 1 aromatic carbocycles. The van der Waals surface area contributed by atoms with Gasteiger partial charge in [0.2, 0.25) is 0 Å². The van der Waals surface area contributed by atoms with E-state index in [0.717, 1.165) is 36.1 Å². The Morgan fingerprint density at radius 1 is 1.56 bits per heavy atom. The van der Waals surface area contributed by atoms with E-state index in [-0.39, 0.29) is 6.04 Å². The summed E-state index contributed by atoms with van der Waals surface area (Å²) in [6.07, 6.45) is 3.03. The number of ether oxygens (including phenoxy) is 1. The molecule has 1 aliphatic rings. The molecular formula is C14H20N2O2. The first kappa shape index (κ1) is 12.9. The standard InChI is InChI=1S/C14H20N2O2/c1-2-12(14(16)17)18-13-8-4-5-9-10(13)6-3-7-11(9)15/h4-5,8,11-12H,2-3,6-7,15H2,1H3,(H2,16,17). The van der Waals surface area contributed by atoms with Crippen LogP contribution in [-0.4, -0.2) is 12.0 Å². The van der Waals surface area contributed by atoms with E-state index < -0.39 is 12.0 Å². The lowest BCUT2D eigenvalue weighted by atomic mass is 9.87. The quantitative estimate of drug-likeness (QED) is 0.850. The Morgan fingerprint density at radius 2 is 2.33 bits per heavy atom. The number of hydrogen-bond acceptors (Lipinski definition) is 3. The van der Waals surface area contributed by atoms with Crippen molar-refractivity contribution >= 4 is 5.91 Å². The minimum absolute atomic E-state index is 0.0750. The molecule has 4 N–H and O–H groups in total. The molecule has 4 nitrogen and oxygen atoms in total. The molecule has 0 heterocycles. The van der Waals surface area contributed by atoms with Gasteiger partial charge in [-0.05, 0) is 42.9 Å². The second-order valence-corrected chi connectivity index (χ2v) is 4.74. The Hall–Kier alpha value is -1.55. The third kappa shape index (κ3) is 2.48. The second kappa shape index (κ2) is 5.40. The van der Waals surface area contributed by atoms with Gasteiger partial charge in [-0.25, -0.2) is 0 Å². The van der Waals surface area contributed by atoms with E-state index in [9.17, 15) is 4.79 Å². The number of carbonyl (C=O) groups is 1. The largest absolute Gasteiger partial charge is 0.480 e. The summed E-state index contributed by atoms with van der Waals surface area (Å²) in [4.78, 5) is 11.2. The van der Waals surface area contributed by atoms with Gasteiger partial charge in [0, 0.05) is 6.04 Å². The zero-order chi connectivity index (χ0) is 13.1. The maximum absolute atomic E-state index is 11.2. The van der Waals surface area contributed by atoms with Crippen LogP contribution in [-0.2, 0) is 11.2 Å². The average molecular weight is 248 g/mol. The monoisotopic (exact) mass is 248 g/mol. The fourth-order valence-corrected chi connectivity index (χ4v) is 2.46. The van der Waals surface area contributed by atoms with Crippen molar-refractivity contribution in [3.05, 3.63) is 29.3 Å². The SMILES string of the molecule is CCC(Oc1cccc2c1CCCC2N)C(N)=O. The van der Waals surface area contributed by atoms with Crippen molar-refractivity contribution in [2.45, 2.75) is 44.8 Å². The molecule has 1 aliphatic carbocycles. The molecule has 0 bridgehead atoms. The first-order chi connectivity index (χ1) is 8.63. The molecule has 4 heteroatoms. The number of carbonyl (C=O) groups excluding carboxylic acids is 1. The van der Waals surface area contributed by atoms with E-state index in [1.807, 2.05) is 25.1 Å². The fourth-order valence-electron chi connectivity index (χ4n) is 2.46. The minimum Gasteiger partial charge on any atom is -0.480 e. The maximum atomic E-state index is 11.2. The molecule has 1 aromatic rings. The molecule has 2 unspecified atom stereocenters. The van der Waals surface area contributed by atoms with Crippen LogP contribution in [0.4, 0.5) is 0 Å². The molecule has 0 radical (unpaired) electrons. The van der Waals surface area contributed by atoms with E-state index in [0.29, 0.717) is 6.42 Å². The number of rotatable bonds is 4. The lowest BCUT2D eigenvalue weighted by Gasteiger charge is -2.25. The zero-order valence-corrected chi connectivity index (χ0v) is 10.7. The summed E-state index contributed by atoms with van der Waals surface area (Å²) in [6.45, 7) is 1.89. The number of amides is 1. The van der Waals surface area contributed by atoms with Gasteiger partial charge < -0.3 is 16.2 Å². The molecule has 1 amide bonds. The minimum atomic E-state index is -0.561. The molecule has 0 saturated heterocycles. The van der Waals surface area contributed by atoms with Gasteiger partial charge in [-0.15, -0.1) is 0 Å². The summed E-state index contributed by atoms with van der Waals surface area (Å²) >= 11 is 0. The van der Waals surface area contributed by atoms with Crippen LogP contribution in [0, 0.1) is 0 Å². The fraction of sp³-hybridized carbons (Fsp3) is 0.500. The molecule has 18 heavy (non-hydrogen) atoms. The maximum Gasteiger partial charge on any atom is 0.258 e. The topological polar surface area (TPSA) is 78.3 Å². The Labute approximate surface area is 107 Å². The highest BCUT2D eigenvalue weighted by Gasteiger charge is 2.22. The van der Waals surface area contributed by atoms with E-state index in [1.165, 1.54) is 0 Å². The molecule has 0 spiro atoms. The summed E-state index contributed by atoms with van der Waals surface area (Å²) in [7, 11) is 0. The third-order valence-electron chi connectivity index (χ3n) is 3.47. The second-order valence-electron chi connectivity index (χ2n) is 4.74. The van der Waals surface area contributed by atoms with Crippen LogP contribution in [0.1, 0.15) is 43.4 Å². The highest BCUT2D eigenvalue weighted by molar-refractivity contribution is 5.79. The molecule has 2 atom stereocenters. The Balaban J connectivity index is 2.28. The summed E-state index contributed by atoms with van der Waals surface area (Å²) < 4.78 is 5.74. The number of hydrogen-bond donors (Lipinski definition) is 2. The van der Waals surface area contributed by atoms with Gasteiger partial charge in [-0.2, -0.15) is 0 Å². The highest BCUT2D eigenvalue weighted by Crippen LogP contribution is 2.34. The molecule has 98 valence electrons. The predicted molar refractivity (Wildman–Crippen MR) is 70.2 cm³/mol. The third-order valence-corrected chi connectivity index (χ3v) is 3.47. The van der Waals surface area contributed by atoms with Gasteiger partial charge in [0.25, 0.3) is 5.91 Å². The smallest absolute Gasteiger partial charge is 0.258 e. The van der Waals surface area contributed by atoms with Gasteiger partial charge in [0.05, 0.1) is 0 Å². The first-order valence-electron chi connectivity index (χ1n) is 6.46. The summed E-state index contributed by atoms with van der Waals surface area (Å²) in [5, 5.41) is 0. The van der Waals surface area contributed by atoms with E-state index in [2.05, 4.69) is 0 Å². The molecule has 0 fully saturated rings. The van der Waals surface area contributed by atoms with E-state index in [4.69, 9.17) is 16.2 Å². The summed E-state index contributed by atoms with van der Waals surface area (Å²) in [5.41, 5.74) is 13.7. The van der Waals surface area contributed by atoms with Gasteiger partial charge in [-0.3, -0.25) is 4.79 Å². The van der Waals surface area contributed by atoms with Crippen molar-refractivity contribution < 1.29 is 9.53 Å². The van der Waals surface area contributed by atoms with Crippen molar-refractivity contribution in [1.29, 1.82) is 0 Å².